The predicted octanol–water partition coefficient (Wildman–Crippen LogP) is 9.75. The monoisotopic (exact) mass is 464 g/mol. The molecule has 0 nitrogen and oxygen atoms in total. The Labute approximate surface area is 205 Å². The van der Waals surface area contributed by atoms with Crippen molar-refractivity contribution in [2.45, 2.75) is 96.3 Å². The van der Waals surface area contributed by atoms with E-state index in [0.29, 0.717) is 12.3 Å². The fraction of sp³-hybridized carbons (Fsp3) is 0.562. The van der Waals surface area contributed by atoms with Crippen LogP contribution in [-0.4, -0.2) is 0 Å². The Morgan fingerprint density at radius 3 is 2.03 bits per heavy atom. The summed E-state index contributed by atoms with van der Waals surface area (Å²) in [5.74, 6) is 2.26. The van der Waals surface area contributed by atoms with Crippen LogP contribution in [-0.2, 0) is 6.42 Å². The first-order valence-electron chi connectivity index (χ1n) is 13.7. The molecule has 2 aliphatic rings. The number of allylic oxidation sites excluding steroid dienone is 2. The topological polar surface area (TPSA) is 0 Å². The third-order valence-electron chi connectivity index (χ3n) is 8.82. The van der Waals surface area contributed by atoms with Gasteiger partial charge in [-0.1, -0.05) is 62.2 Å². The highest BCUT2D eigenvalue weighted by molar-refractivity contribution is 5.31. The summed E-state index contributed by atoms with van der Waals surface area (Å²) in [7, 11) is 0. The Morgan fingerprint density at radius 2 is 1.44 bits per heavy atom. The zero-order valence-electron chi connectivity index (χ0n) is 21.1. The fourth-order valence-electron chi connectivity index (χ4n) is 6.63. The molecule has 2 aromatic carbocycles. The Kier molecular flexibility index (Phi) is 8.98. The molecule has 0 saturated heterocycles. The van der Waals surface area contributed by atoms with Gasteiger partial charge in [-0.2, -0.15) is 0 Å². The Bertz CT molecular complexity index is 892. The first-order chi connectivity index (χ1) is 16.5. The fourth-order valence-corrected chi connectivity index (χ4v) is 6.63. The maximum atomic E-state index is 15.0. The van der Waals surface area contributed by atoms with Gasteiger partial charge in [0.25, 0.3) is 0 Å². The number of halogens is 2. The van der Waals surface area contributed by atoms with Crippen LogP contribution in [0.5, 0.6) is 0 Å². The highest BCUT2D eigenvalue weighted by atomic mass is 19.1. The lowest BCUT2D eigenvalue weighted by Gasteiger charge is -2.38. The molecule has 2 fully saturated rings. The molecule has 34 heavy (non-hydrogen) atoms. The van der Waals surface area contributed by atoms with E-state index in [-0.39, 0.29) is 23.1 Å². The zero-order valence-corrected chi connectivity index (χ0v) is 21.1. The molecule has 0 heterocycles. The number of hydrogen-bond donors (Lipinski definition) is 0. The van der Waals surface area contributed by atoms with Crippen molar-refractivity contribution in [1.82, 2.24) is 0 Å². The van der Waals surface area contributed by atoms with E-state index in [1.165, 1.54) is 51.4 Å². The second-order valence-corrected chi connectivity index (χ2v) is 11.0. The van der Waals surface area contributed by atoms with Crippen molar-refractivity contribution in [2.75, 3.05) is 0 Å². The van der Waals surface area contributed by atoms with Gasteiger partial charge in [-0.3, -0.25) is 0 Å². The smallest absolute Gasteiger partial charge is 0.129 e. The lowest BCUT2D eigenvalue weighted by Crippen LogP contribution is -2.25. The largest absolute Gasteiger partial charge is 0.207 e. The molecule has 0 unspecified atom stereocenters. The Balaban J connectivity index is 1.30. The molecule has 0 radical (unpaired) electrons. The van der Waals surface area contributed by atoms with Gasteiger partial charge in [0.2, 0.25) is 0 Å². The van der Waals surface area contributed by atoms with Crippen LogP contribution in [0.1, 0.15) is 107 Å². The van der Waals surface area contributed by atoms with Gasteiger partial charge in [-0.25, -0.2) is 8.78 Å². The minimum atomic E-state index is -0.365. The number of benzene rings is 2. The molecular formula is C32H42F2. The number of hydrogen-bond acceptors (Lipinski definition) is 0. The molecule has 2 aliphatic carbocycles. The van der Waals surface area contributed by atoms with Crippen LogP contribution in [0, 0.1) is 29.4 Å². The molecule has 0 N–H and O–H groups in total. The van der Waals surface area contributed by atoms with Gasteiger partial charge in [-0.05, 0) is 118 Å². The predicted molar refractivity (Wildman–Crippen MR) is 139 cm³/mol. The molecule has 1 atom stereocenters. The van der Waals surface area contributed by atoms with E-state index in [9.17, 15) is 0 Å². The second-order valence-electron chi connectivity index (χ2n) is 11.0. The average molecular weight is 465 g/mol. The van der Waals surface area contributed by atoms with E-state index in [4.69, 9.17) is 0 Å². The third-order valence-corrected chi connectivity index (χ3v) is 8.82. The summed E-state index contributed by atoms with van der Waals surface area (Å²) in [4.78, 5) is 0. The van der Waals surface area contributed by atoms with Gasteiger partial charge < -0.3 is 0 Å². The highest BCUT2D eigenvalue weighted by Crippen LogP contribution is 2.45. The van der Waals surface area contributed by atoms with E-state index < -0.39 is 0 Å². The van der Waals surface area contributed by atoms with Crippen molar-refractivity contribution < 1.29 is 8.78 Å². The van der Waals surface area contributed by atoms with Crippen LogP contribution in [0.2, 0.25) is 0 Å². The second kappa shape index (κ2) is 12.1. The minimum absolute atomic E-state index is 0.0877. The Morgan fingerprint density at radius 1 is 0.853 bits per heavy atom. The summed E-state index contributed by atoms with van der Waals surface area (Å²) in [6.07, 6.45) is 17.6. The van der Waals surface area contributed by atoms with Crippen LogP contribution >= 0.6 is 0 Å². The summed E-state index contributed by atoms with van der Waals surface area (Å²) in [5, 5.41) is 0. The van der Waals surface area contributed by atoms with Gasteiger partial charge >= 0.3 is 0 Å². The van der Waals surface area contributed by atoms with Gasteiger partial charge in [0.15, 0.2) is 0 Å². The SMILES string of the molecule is CC=CCCC1CCC(C2CCC(c3cc(F)c(C[C@@H](C)c4ccccc4)c(F)c3)CC2)CC1. The summed E-state index contributed by atoms with van der Waals surface area (Å²) < 4.78 is 30.0. The van der Waals surface area contributed by atoms with E-state index in [0.717, 1.165) is 41.7 Å². The van der Waals surface area contributed by atoms with Crippen molar-refractivity contribution in [3.8, 4) is 0 Å². The van der Waals surface area contributed by atoms with Crippen LogP contribution in [0.3, 0.4) is 0 Å². The van der Waals surface area contributed by atoms with E-state index in [1.807, 2.05) is 37.3 Å². The Hall–Kier alpha value is -1.96. The third kappa shape index (κ3) is 6.37. The molecule has 0 bridgehead atoms. The van der Waals surface area contributed by atoms with Crippen molar-refractivity contribution in [2.24, 2.45) is 17.8 Å². The molecule has 4 rings (SSSR count). The summed E-state index contributed by atoms with van der Waals surface area (Å²) in [6, 6.07) is 13.3. The standard InChI is InChI=1S/C32H42F2/c1-3-4-6-9-24-12-14-26(15-13-24)27-16-18-28(19-17-27)29-21-31(33)30(32(34)22-29)20-23(2)25-10-7-5-8-11-25/h3-5,7-8,10-11,21-24,26-28H,6,9,12-20H2,1-2H3/t23-,24?,26?,27?,28?/m1/s1. The van der Waals surface area contributed by atoms with E-state index in [2.05, 4.69) is 19.1 Å². The average Bonchev–Trinajstić information content (AvgIpc) is 2.87. The van der Waals surface area contributed by atoms with Crippen LogP contribution in [0.4, 0.5) is 8.78 Å². The zero-order chi connectivity index (χ0) is 23.9. The first-order valence-corrected chi connectivity index (χ1v) is 13.7. The van der Waals surface area contributed by atoms with Crippen molar-refractivity contribution in [1.29, 1.82) is 0 Å². The van der Waals surface area contributed by atoms with E-state index >= 15 is 8.78 Å². The highest BCUT2D eigenvalue weighted by Gasteiger charge is 2.31. The molecular weight excluding hydrogens is 422 g/mol. The molecule has 184 valence electrons. The number of rotatable bonds is 8. The molecule has 2 aromatic rings. The van der Waals surface area contributed by atoms with Crippen molar-refractivity contribution in [3.63, 3.8) is 0 Å². The van der Waals surface area contributed by atoms with Gasteiger partial charge in [-0.15, -0.1) is 0 Å². The maximum absolute atomic E-state index is 15.0. The first kappa shape index (κ1) is 25.1. The van der Waals surface area contributed by atoms with Crippen molar-refractivity contribution in [3.05, 3.63) is 82.9 Å². The molecule has 0 aromatic heterocycles. The van der Waals surface area contributed by atoms with Crippen LogP contribution < -0.4 is 0 Å². The summed E-state index contributed by atoms with van der Waals surface area (Å²) >= 11 is 0. The molecule has 0 amide bonds. The van der Waals surface area contributed by atoms with E-state index in [1.54, 1.807) is 12.1 Å². The van der Waals surface area contributed by atoms with Gasteiger partial charge in [0.05, 0.1) is 0 Å². The lowest BCUT2D eigenvalue weighted by atomic mass is 9.68. The molecule has 2 saturated carbocycles. The maximum Gasteiger partial charge on any atom is 0.129 e. The van der Waals surface area contributed by atoms with Crippen molar-refractivity contribution >= 4 is 0 Å². The molecule has 0 aliphatic heterocycles. The quantitative estimate of drug-likeness (QED) is 0.341. The van der Waals surface area contributed by atoms with Crippen LogP contribution in [0.25, 0.3) is 0 Å². The molecule has 2 heteroatoms. The lowest BCUT2D eigenvalue weighted by molar-refractivity contribution is 0.157. The summed E-state index contributed by atoms with van der Waals surface area (Å²) in [5.41, 5.74) is 2.23. The van der Waals surface area contributed by atoms with Gasteiger partial charge in [0.1, 0.15) is 11.6 Å². The molecule has 0 spiro atoms. The van der Waals surface area contributed by atoms with Crippen LogP contribution in [0.15, 0.2) is 54.6 Å². The summed E-state index contributed by atoms with van der Waals surface area (Å²) in [6.45, 7) is 4.15. The van der Waals surface area contributed by atoms with Gasteiger partial charge in [0, 0.05) is 5.56 Å². The normalized spacial score (nSPS) is 26.6. The minimum Gasteiger partial charge on any atom is -0.207 e.